The number of carbonyl (C=O) groups excluding carboxylic acids is 7. The van der Waals surface area contributed by atoms with Gasteiger partial charge in [-0.1, -0.05) is 81.4 Å². The second-order valence-electron chi connectivity index (χ2n) is 23.0. The lowest BCUT2D eigenvalue weighted by Crippen LogP contribution is -2.60. The van der Waals surface area contributed by atoms with E-state index in [-0.39, 0.29) is 37.2 Å². The zero-order valence-electron chi connectivity index (χ0n) is 46.0. The molecular formula is C57H79N7O11. The molecule has 1 aliphatic heterocycles. The Hall–Kier alpha value is -6.98. The molecule has 1 saturated heterocycles. The highest BCUT2D eigenvalue weighted by atomic mass is 16.6. The molecule has 0 spiro atoms. The van der Waals surface area contributed by atoms with E-state index >= 15 is 0 Å². The molecule has 1 aliphatic carbocycles. The number of amides is 7. The molecule has 5 N–H and O–H groups in total. The van der Waals surface area contributed by atoms with Gasteiger partial charge in [0.2, 0.25) is 23.6 Å². The van der Waals surface area contributed by atoms with Gasteiger partial charge in [0.15, 0.2) is 0 Å². The Morgan fingerprint density at radius 3 is 1.72 bits per heavy atom. The molecule has 75 heavy (non-hydrogen) atoms. The number of carboxylic acids is 1. The predicted octanol–water partition coefficient (Wildman–Crippen LogP) is 6.52. The summed E-state index contributed by atoms with van der Waals surface area (Å²) in [6.45, 7) is 18.8. The first-order valence-corrected chi connectivity index (χ1v) is 25.8. The van der Waals surface area contributed by atoms with E-state index in [0.29, 0.717) is 24.0 Å². The maximum atomic E-state index is 14.8. The number of rotatable bonds is 17. The molecule has 7 atom stereocenters. The molecule has 0 saturated carbocycles. The van der Waals surface area contributed by atoms with Crippen LogP contribution in [0, 0.1) is 5.41 Å². The minimum atomic E-state index is -1.23. The van der Waals surface area contributed by atoms with Gasteiger partial charge in [0.25, 0.3) is 5.91 Å². The van der Waals surface area contributed by atoms with Crippen molar-refractivity contribution in [2.24, 2.45) is 5.41 Å². The van der Waals surface area contributed by atoms with Crippen LogP contribution in [0.5, 0.6) is 0 Å². The van der Waals surface area contributed by atoms with Crippen LogP contribution in [0.1, 0.15) is 140 Å². The summed E-state index contributed by atoms with van der Waals surface area (Å²) in [7, 11) is 2.87. The van der Waals surface area contributed by atoms with E-state index in [1.807, 2.05) is 75.4 Å². The largest absolute Gasteiger partial charge is 0.480 e. The highest BCUT2D eigenvalue weighted by Gasteiger charge is 2.46. The SMILES string of the molecule is C[C@@H](C(=O)NC(Cc1ccc(CCc2ccc(C(=O)NC3CC(C(=O)NC4CCCc5ccccc54)N(C(=O)C(NC(=O)[C@H](C)N(C)C(=O)OC(C)(C)C)C(C)(C)C)C3)cc2)cc1)C(=O)O)N(C)C(=O)OC(C)(C)C. The topological polar surface area (TPSA) is 233 Å². The van der Waals surface area contributed by atoms with Gasteiger partial charge in [0, 0.05) is 38.7 Å². The summed E-state index contributed by atoms with van der Waals surface area (Å²) in [5.41, 5.74) is 2.85. The zero-order chi connectivity index (χ0) is 55.7. The van der Waals surface area contributed by atoms with E-state index < -0.39 is 88.7 Å². The van der Waals surface area contributed by atoms with E-state index in [4.69, 9.17) is 9.47 Å². The zero-order valence-corrected chi connectivity index (χ0v) is 46.0. The Balaban J connectivity index is 1.23. The van der Waals surface area contributed by atoms with Crippen LogP contribution in [0.3, 0.4) is 0 Å². The van der Waals surface area contributed by atoms with Gasteiger partial charge in [0.05, 0.1) is 6.04 Å². The summed E-state index contributed by atoms with van der Waals surface area (Å²) in [6.07, 6.45) is 2.56. The van der Waals surface area contributed by atoms with E-state index in [2.05, 4.69) is 27.3 Å². The number of likely N-dealkylation sites (tertiary alicyclic amines) is 1. The minimum absolute atomic E-state index is 0.00879. The summed E-state index contributed by atoms with van der Waals surface area (Å²) < 4.78 is 10.8. The van der Waals surface area contributed by atoms with Crippen molar-refractivity contribution in [3.05, 3.63) is 106 Å². The van der Waals surface area contributed by atoms with Gasteiger partial charge in [-0.3, -0.25) is 33.8 Å². The van der Waals surface area contributed by atoms with Crippen LogP contribution in [0.4, 0.5) is 9.59 Å². The number of fused-ring (bicyclic) bond motifs is 1. The van der Waals surface area contributed by atoms with E-state index in [1.54, 1.807) is 60.6 Å². The van der Waals surface area contributed by atoms with E-state index in [0.717, 1.165) is 46.4 Å². The number of benzene rings is 3. The lowest BCUT2D eigenvalue weighted by molar-refractivity contribution is -0.144. The van der Waals surface area contributed by atoms with Crippen LogP contribution in [0.15, 0.2) is 72.8 Å². The number of hydrogen-bond acceptors (Lipinski definition) is 10. The van der Waals surface area contributed by atoms with E-state index in [9.17, 15) is 43.5 Å². The molecule has 18 heteroatoms. The number of likely N-dealkylation sites (N-methyl/N-ethyl adjacent to an activating group) is 2. The third-order valence-corrected chi connectivity index (χ3v) is 13.6. The Morgan fingerprint density at radius 2 is 1.20 bits per heavy atom. The highest BCUT2D eigenvalue weighted by molar-refractivity contribution is 5.96. The summed E-state index contributed by atoms with van der Waals surface area (Å²) in [4.78, 5) is 111. The Bertz CT molecular complexity index is 2550. The molecule has 5 rings (SSSR count). The van der Waals surface area contributed by atoms with Crippen LogP contribution in [0.2, 0.25) is 0 Å². The predicted molar refractivity (Wildman–Crippen MR) is 284 cm³/mol. The van der Waals surface area contributed by atoms with Crippen LogP contribution < -0.4 is 21.3 Å². The van der Waals surface area contributed by atoms with Crippen LogP contribution in [0.25, 0.3) is 0 Å². The van der Waals surface area contributed by atoms with Gasteiger partial charge < -0.3 is 40.7 Å². The maximum Gasteiger partial charge on any atom is 0.410 e. The van der Waals surface area contributed by atoms with Gasteiger partial charge in [0.1, 0.15) is 41.4 Å². The number of nitrogens with zero attached hydrogens (tertiary/aromatic N) is 3. The van der Waals surface area contributed by atoms with Crippen molar-refractivity contribution in [3.63, 3.8) is 0 Å². The molecule has 0 bridgehead atoms. The summed E-state index contributed by atoms with van der Waals surface area (Å²) in [5, 5.41) is 21.6. The maximum absolute atomic E-state index is 14.8. The van der Waals surface area contributed by atoms with Gasteiger partial charge in [-0.15, -0.1) is 0 Å². The van der Waals surface area contributed by atoms with Crippen molar-refractivity contribution in [2.75, 3.05) is 20.6 Å². The third kappa shape index (κ3) is 16.5. The first-order valence-electron chi connectivity index (χ1n) is 25.8. The normalized spacial score (nSPS) is 18.2. The number of carboxylic acid groups (broad SMARTS) is 1. The van der Waals surface area contributed by atoms with Crippen LogP contribution in [-0.2, 0) is 59.1 Å². The van der Waals surface area contributed by atoms with Gasteiger partial charge in [-0.05, 0) is 139 Å². The number of aryl methyl sites for hydroxylation is 3. The average Bonchev–Trinajstić information content (AvgIpc) is 3.76. The first kappa shape index (κ1) is 58.9. The molecule has 1 heterocycles. The smallest absolute Gasteiger partial charge is 0.410 e. The van der Waals surface area contributed by atoms with Gasteiger partial charge in [-0.2, -0.15) is 0 Å². The molecule has 3 aromatic rings. The fourth-order valence-corrected chi connectivity index (χ4v) is 8.97. The fraction of sp³-hybridized carbons (Fsp3) is 0.544. The third-order valence-electron chi connectivity index (χ3n) is 13.6. The number of carbonyl (C=O) groups is 8. The molecule has 1 fully saturated rings. The lowest BCUT2D eigenvalue weighted by Gasteiger charge is -2.37. The van der Waals surface area contributed by atoms with Gasteiger partial charge >= 0.3 is 18.2 Å². The number of ether oxygens (including phenoxy) is 2. The van der Waals surface area contributed by atoms with Crippen molar-refractivity contribution in [3.8, 4) is 0 Å². The average molecular weight is 1040 g/mol. The second kappa shape index (κ2) is 24.6. The molecule has 2 aliphatic rings. The van der Waals surface area contributed by atoms with Crippen LogP contribution >= 0.6 is 0 Å². The van der Waals surface area contributed by atoms with E-state index in [1.165, 1.54) is 30.8 Å². The fourth-order valence-electron chi connectivity index (χ4n) is 8.97. The first-order chi connectivity index (χ1) is 34.9. The molecule has 408 valence electrons. The lowest BCUT2D eigenvalue weighted by atomic mass is 9.85. The van der Waals surface area contributed by atoms with Crippen molar-refractivity contribution >= 4 is 47.7 Å². The summed E-state index contributed by atoms with van der Waals surface area (Å²) >= 11 is 0. The Kier molecular flexibility index (Phi) is 19.3. The standard InChI is InChI=1S/C57H79N7O11/c1-34(62(12)53(72)74-56(6,7)8)47(65)60-44(52(70)71)31-38-25-23-36(24-26-38)21-22-37-27-29-40(30-28-37)49(67)58-41-32-45(50(68)59-43-20-16-18-39-17-14-15-19-42(39)43)64(33-41)51(69)46(55(3,4)5)61-48(66)35(2)63(13)54(73)75-57(9,10)11/h14-15,17,19,23-30,34-35,41,43-46H,16,18,20-22,31-33H2,1-13H3,(H,58,67)(H,59,68)(H,60,65)(H,61,66)(H,70,71)/t34-,35-,41?,43?,44?,45?,46?/m0/s1. The molecule has 5 unspecified atom stereocenters. The van der Waals surface area contributed by atoms with Crippen molar-refractivity contribution in [1.82, 2.24) is 36.0 Å². The molecule has 0 radical (unpaired) electrons. The quantitative estimate of drug-likeness (QED) is 0.0977. The van der Waals surface area contributed by atoms with Crippen LogP contribution in [-0.4, -0.2) is 136 Å². The minimum Gasteiger partial charge on any atom is -0.480 e. The highest BCUT2D eigenvalue weighted by Crippen LogP contribution is 2.32. The molecule has 3 aromatic carbocycles. The number of aliphatic carboxylic acids is 1. The number of nitrogens with one attached hydrogen (secondary N) is 4. The number of hydrogen-bond donors (Lipinski definition) is 5. The van der Waals surface area contributed by atoms with Crippen molar-refractivity contribution in [2.45, 2.75) is 175 Å². The molecule has 0 aromatic heterocycles. The molecule has 7 amide bonds. The summed E-state index contributed by atoms with van der Waals surface area (Å²) in [6, 6.07) is 16.4. The second-order valence-corrected chi connectivity index (χ2v) is 23.0. The van der Waals surface area contributed by atoms with Crippen molar-refractivity contribution in [1.29, 1.82) is 0 Å². The monoisotopic (exact) mass is 1040 g/mol. The Morgan fingerprint density at radius 1 is 0.693 bits per heavy atom. The molecular weight excluding hydrogens is 959 g/mol. The summed E-state index contributed by atoms with van der Waals surface area (Å²) in [5.74, 6) is -3.65. The Labute approximate surface area is 442 Å². The van der Waals surface area contributed by atoms with Gasteiger partial charge in [-0.25, -0.2) is 14.4 Å². The van der Waals surface area contributed by atoms with Crippen molar-refractivity contribution < 1.29 is 52.9 Å². The molecule has 18 nitrogen and oxygen atoms in total.